The molecule has 1 aromatic rings. The van der Waals surface area contributed by atoms with Crippen molar-refractivity contribution in [1.29, 1.82) is 0 Å². The second kappa shape index (κ2) is 4.81. The van der Waals surface area contributed by atoms with Gasteiger partial charge in [-0.25, -0.2) is 0 Å². The summed E-state index contributed by atoms with van der Waals surface area (Å²) in [4.78, 5) is 37.3. The SMILES string of the molecule is O=C(NN1C(=O)[C@@H]2[C@@H]3CC[C@@H](C3)[C@@H]2C1=O)c1ccccc1Cl. The van der Waals surface area contributed by atoms with Crippen molar-refractivity contribution >= 4 is 29.3 Å². The molecule has 0 radical (unpaired) electrons. The third kappa shape index (κ3) is 1.81. The molecule has 1 heterocycles. The Morgan fingerprint density at radius 2 is 1.68 bits per heavy atom. The van der Waals surface area contributed by atoms with Crippen molar-refractivity contribution in [2.45, 2.75) is 19.3 Å². The zero-order valence-electron chi connectivity index (χ0n) is 11.8. The average Bonchev–Trinajstić information content (AvgIpc) is 3.17. The number of hydrazine groups is 1. The minimum absolute atomic E-state index is 0.238. The highest BCUT2D eigenvalue weighted by Gasteiger charge is 2.61. The average molecular weight is 319 g/mol. The molecule has 6 heteroatoms. The molecule has 3 amide bonds. The van der Waals surface area contributed by atoms with Gasteiger partial charge < -0.3 is 0 Å². The lowest BCUT2D eigenvalue weighted by Crippen LogP contribution is -2.47. The predicted molar refractivity (Wildman–Crippen MR) is 78.6 cm³/mol. The van der Waals surface area contributed by atoms with E-state index in [1.54, 1.807) is 24.3 Å². The molecule has 22 heavy (non-hydrogen) atoms. The highest BCUT2D eigenvalue weighted by atomic mass is 35.5. The van der Waals surface area contributed by atoms with Crippen LogP contribution in [0, 0.1) is 23.7 Å². The molecule has 0 spiro atoms. The monoisotopic (exact) mass is 318 g/mol. The Labute approximate surface area is 132 Å². The fourth-order valence-electron chi connectivity index (χ4n) is 4.33. The number of fused-ring (bicyclic) bond motifs is 5. The van der Waals surface area contributed by atoms with Crippen molar-refractivity contribution < 1.29 is 14.4 Å². The van der Waals surface area contributed by atoms with Crippen LogP contribution in [0.25, 0.3) is 0 Å². The Bertz CT molecular complexity index is 662. The number of hydrogen-bond donors (Lipinski definition) is 1. The maximum absolute atomic E-state index is 12.5. The van der Waals surface area contributed by atoms with Crippen LogP contribution in [-0.4, -0.2) is 22.7 Å². The molecule has 1 aromatic carbocycles. The third-order valence-corrected chi connectivity index (χ3v) is 5.59. The second-order valence-electron chi connectivity index (χ2n) is 6.32. The molecule has 1 saturated heterocycles. The molecule has 3 fully saturated rings. The lowest BCUT2D eigenvalue weighted by molar-refractivity contribution is -0.143. The quantitative estimate of drug-likeness (QED) is 0.848. The van der Waals surface area contributed by atoms with E-state index in [4.69, 9.17) is 11.6 Å². The Hall–Kier alpha value is -1.88. The number of rotatable bonds is 2. The Balaban J connectivity index is 1.57. The van der Waals surface area contributed by atoms with Crippen LogP contribution in [0.1, 0.15) is 29.6 Å². The summed E-state index contributed by atoms with van der Waals surface area (Å²) >= 11 is 5.98. The first kappa shape index (κ1) is 13.8. The number of imide groups is 1. The molecule has 4 rings (SSSR count). The zero-order chi connectivity index (χ0) is 15.4. The van der Waals surface area contributed by atoms with Crippen LogP contribution < -0.4 is 5.43 Å². The summed E-state index contributed by atoms with van der Waals surface area (Å²) in [6, 6.07) is 6.56. The molecule has 0 unspecified atom stereocenters. The van der Waals surface area contributed by atoms with Crippen molar-refractivity contribution in [2.24, 2.45) is 23.7 Å². The van der Waals surface area contributed by atoms with Crippen molar-refractivity contribution in [3.05, 3.63) is 34.9 Å². The highest BCUT2D eigenvalue weighted by molar-refractivity contribution is 6.33. The third-order valence-electron chi connectivity index (χ3n) is 5.26. The minimum atomic E-state index is -0.528. The van der Waals surface area contributed by atoms with E-state index in [-0.39, 0.29) is 29.2 Å². The van der Waals surface area contributed by atoms with Crippen LogP contribution in [0.5, 0.6) is 0 Å². The van der Waals surface area contributed by atoms with E-state index in [9.17, 15) is 14.4 Å². The van der Waals surface area contributed by atoms with Gasteiger partial charge in [0, 0.05) is 0 Å². The number of carbonyl (C=O) groups is 3. The fraction of sp³-hybridized carbons (Fsp3) is 0.438. The van der Waals surface area contributed by atoms with Gasteiger partial charge in [-0.1, -0.05) is 23.7 Å². The van der Waals surface area contributed by atoms with Gasteiger partial charge >= 0.3 is 0 Å². The standard InChI is InChI=1S/C16H15ClN2O3/c17-11-4-2-1-3-10(11)14(20)18-19-15(21)12-8-5-6-9(7-8)13(12)16(19)22/h1-4,8-9,12-13H,5-7H2,(H,18,20)/t8-,9+,12-,13+. The first-order valence-corrected chi connectivity index (χ1v) is 7.89. The summed E-state index contributed by atoms with van der Waals surface area (Å²) in [7, 11) is 0. The Kier molecular flexibility index (Phi) is 3.01. The van der Waals surface area contributed by atoms with E-state index < -0.39 is 5.91 Å². The van der Waals surface area contributed by atoms with E-state index in [0.29, 0.717) is 16.9 Å². The summed E-state index contributed by atoms with van der Waals surface area (Å²) in [6.45, 7) is 0. The zero-order valence-corrected chi connectivity index (χ0v) is 12.5. The minimum Gasteiger partial charge on any atom is -0.272 e. The number of nitrogens with zero attached hydrogens (tertiary/aromatic N) is 1. The van der Waals surface area contributed by atoms with Crippen molar-refractivity contribution in [1.82, 2.24) is 10.4 Å². The lowest BCUT2D eigenvalue weighted by Gasteiger charge is -2.19. The Morgan fingerprint density at radius 1 is 1.09 bits per heavy atom. The van der Waals surface area contributed by atoms with Gasteiger partial charge in [-0.05, 0) is 43.2 Å². The molecule has 0 aromatic heterocycles. The lowest BCUT2D eigenvalue weighted by atomic mass is 9.81. The molecular formula is C16H15ClN2O3. The first-order chi connectivity index (χ1) is 10.6. The second-order valence-corrected chi connectivity index (χ2v) is 6.72. The summed E-state index contributed by atoms with van der Waals surface area (Å²) < 4.78 is 0. The van der Waals surface area contributed by atoms with Crippen molar-refractivity contribution in [3.8, 4) is 0 Å². The first-order valence-electron chi connectivity index (χ1n) is 7.51. The van der Waals surface area contributed by atoms with Gasteiger partial charge in [-0.2, -0.15) is 5.01 Å². The van der Waals surface area contributed by atoms with Gasteiger partial charge in [0.05, 0.1) is 22.4 Å². The predicted octanol–water partition coefficient (Wildman–Crippen LogP) is 2.02. The van der Waals surface area contributed by atoms with E-state index >= 15 is 0 Å². The van der Waals surface area contributed by atoms with Crippen LogP contribution in [0.15, 0.2) is 24.3 Å². The van der Waals surface area contributed by atoms with Crippen LogP contribution in [-0.2, 0) is 9.59 Å². The molecule has 2 aliphatic carbocycles. The van der Waals surface area contributed by atoms with Crippen molar-refractivity contribution in [3.63, 3.8) is 0 Å². The summed E-state index contributed by atoms with van der Waals surface area (Å²) in [6.07, 6.45) is 2.99. The number of hydrogen-bond acceptors (Lipinski definition) is 3. The molecule has 1 aliphatic heterocycles. The molecule has 2 saturated carbocycles. The van der Waals surface area contributed by atoms with Crippen LogP contribution in [0.3, 0.4) is 0 Å². The molecule has 2 bridgehead atoms. The molecule has 4 atom stereocenters. The summed E-state index contributed by atoms with van der Waals surface area (Å²) in [5.74, 6) is -0.928. The van der Waals surface area contributed by atoms with Crippen molar-refractivity contribution in [2.75, 3.05) is 0 Å². The normalized spacial score (nSPS) is 32.5. The van der Waals surface area contributed by atoms with Gasteiger partial charge in [0.2, 0.25) is 0 Å². The highest BCUT2D eigenvalue weighted by Crippen LogP contribution is 2.55. The number of amides is 3. The molecule has 1 N–H and O–H groups in total. The number of halogens is 1. The Morgan fingerprint density at radius 3 is 2.27 bits per heavy atom. The van der Waals surface area contributed by atoms with Crippen LogP contribution in [0.2, 0.25) is 5.02 Å². The smallest absolute Gasteiger partial charge is 0.271 e. The van der Waals surface area contributed by atoms with Gasteiger partial charge in [-0.3, -0.25) is 19.8 Å². The number of benzene rings is 1. The van der Waals surface area contributed by atoms with Gasteiger partial charge in [-0.15, -0.1) is 0 Å². The maximum atomic E-state index is 12.5. The molecule has 5 nitrogen and oxygen atoms in total. The van der Waals surface area contributed by atoms with E-state index in [1.165, 1.54) is 0 Å². The number of carbonyl (C=O) groups excluding carboxylic acids is 3. The number of nitrogens with one attached hydrogen (secondary N) is 1. The maximum Gasteiger partial charge on any atom is 0.271 e. The summed E-state index contributed by atoms with van der Waals surface area (Å²) in [5.41, 5.74) is 2.70. The van der Waals surface area contributed by atoms with E-state index in [0.717, 1.165) is 24.3 Å². The fourth-order valence-corrected chi connectivity index (χ4v) is 4.55. The molecule has 114 valence electrons. The van der Waals surface area contributed by atoms with Crippen LogP contribution in [0.4, 0.5) is 0 Å². The largest absolute Gasteiger partial charge is 0.272 e. The van der Waals surface area contributed by atoms with Gasteiger partial charge in [0.1, 0.15) is 0 Å². The van der Waals surface area contributed by atoms with Gasteiger partial charge in [0.25, 0.3) is 17.7 Å². The molecular weight excluding hydrogens is 304 g/mol. The molecule has 3 aliphatic rings. The van der Waals surface area contributed by atoms with Gasteiger partial charge in [0.15, 0.2) is 0 Å². The van der Waals surface area contributed by atoms with E-state index in [1.807, 2.05) is 0 Å². The van der Waals surface area contributed by atoms with Crippen LogP contribution >= 0.6 is 11.6 Å². The van der Waals surface area contributed by atoms with E-state index in [2.05, 4.69) is 5.43 Å². The topological polar surface area (TPSA) is 66.5 Å². The summed E-state index contributed by atoms with van der Waals surface area (Å²) in [5, 5.41) is 1.21.